The fraction of sp³-hybridized carbons (Fsp3) is 0.226. The molecule has 1 N–H and O–H groups in total. The van der Waals surface area contributed by atoms with Crippen molar-refractivity contribution in [2.75, 3.05) is 19.9 Å². The SMILES string of the molecule is CCOC(=O)c1ccc(-n2c(O)c(OC[Si](C)(C)C)c(C(=O)c3ccc(OC)cc3)c2-c2ccccc2Cl)cc1. The molecule has 0 spiro atoms. The molecule has 4 aromatic rings. The number of halogens is 1. The highest BCUT2D eigenvalue weighted by molar-refractivity contribution is 6.76. The van der Waals surface area contributed by atoms with E-state index in [1.54, 1.807) is 80.8 Å². The number of ether oxygens (including phenoxy) is 3. The molecule has 1 aromatic heterocycles. The number of carbonyl (C=O) groups is 2. The molecule has 0 aliphatic heterocycles. The number of ketones is 1. The highest BCUT2D eigenvalue weighted by Crippen LogP contribution is 2.46. The first-order valence-corrected chi connectivity index (χ1v) is 17.0. The zero-order valence-corrected chi connectivity index (χ0v) is 24.9. The number of methoxy groups -OCH3 is 1. The van der Waals surface area contributed by atoms with Crippen LogP contribution in [-0.2, 0) is 4.74 Å². The lowest BCUT2D eigenvalue weighted by Crippen LogP contribution is -2.30. The Morgan fingerprint density at radius 3 is 2.12 bits per heavy atom. The van der Waals surface area contributed by atoms with Gasteiger partial charge in [0.25, 0.3) is 0 Å². The van der Waals surface area contributed by atoms with Crippen LogP contribution in [0, 0.1) is 0 Å². The summed E-state index contributed by atoms with van der Waals surface area (Å²) in [6, 6.07) is 20.4. The van der Waals surface area contributed by atoms with Gasteiger partial charge in [-0.05, 0) is 61.5 Å². The molecule has 40 heavy (non-hydrogen) atoms. The molecule has 0 aliphatic carbocycles. The molecule has 1 heterocycles. The maximum absolute atomic E-state index is 14.2. The van der Waals surface area contributed by atoms with E-state index in [-0.39, 0.29) is 29.6 Å². The molecule has 0 bridgehead atoms. The second-order valence-corrected chi connectivity index (χ2v) is 16.2. The van der Waals surface area contributed by atoms with E-state index < -0.39 is 14.0 Å². The van der Waals surface area contributed by atoms with Gasteiger partial charge in [-0.2, -0.15) is 0 Å². The van der Waals surface area contributed by atoms with Crippen LogP contribution in [0.25, 0.3) is 16.9 Å². The highest BCUT2D eigenvalue weighted by atomic mass is 35.5. The molecule has 0 saturated carbocycles. The van der Waals surface area contributed by atoms with Gasteiger partial charge in [0.2, 0.25) is 5.88 Å². The van der Waals surface area contributed by atoms with Gasteiger partial charge in [0.15, 0.2) is 11.5 Å². The van der Waals surface area contributed by atoms with E-state index >= 15 is 0 Å². The summed E-state index contributed by atoms with van der Waals surface area (Å²) < 4.78 is 18.1. The minimum atomic E-state index is -1.77. The summed E-state index contributed by atoms with van der Waals surface area (Å²) in [6.07, 6.45) is 0.372. The van der Waals surface area contributed by atoms with Gasteiger partial charge in [-0.3, -0.25) is 9.36 Å². The second kappa shape index (κ2) is 12.0. The van der Waals surface area contributed by atoms with E-state index in [4.69, 9.17) is 25.8 Å². The molecule has 0 aliphatic rings. The number of aromatic nitrogens is 1. The Balaban J connectivity index is 2.00. The lowest BCUT2D eigenvalue weighted by molar-refractivity contribution is 0.0526. The van der Waals surface area contributed by atoms with Crippen LogP contribution in [0.4, 0.5) is 0 Å². The molecule has 9 heteroatoms. The maximum atomic E-state index is 14.2. The number of benzene rings is 3. The van der Waals surface area contributed by atoms with Crippen LogP contribution >= 0.6 is 11.6 Å². The van der Waals surface area contributed by atoms with Crippen molar-refractivity contribution in [1.82, 2.24) is 4.57 Å². The number of carbonyl (C=O) groups excluding carboxylic acids is 2. The van der Waals surface area contributed by atoms with Gasteiger partial charge in [-0.1, -0.05) is 49.4 Å². The van der Waals surface area contributed by atoms with E-state index in [0.29, 0.717) is 45.1 Å². The van der Waals surface area contributed by atoms with Crippen molar-refractivity contribution in [1.29, 1.82) is 0 Å². The quantitative estimate of drug-likeness (QED) is 0.122. The lowest BCUT2D eigenvalue weighted by Gasteiger charge is -2.17. The van der Waals surface area contributed by atoms with Crippen molar-refractivity contribution in [3.8, 4) is 34.3 Å². The van der Waals surface area contributed by atoms with Crippen LogP contribution in [0.15, 0.2) is 72.8 Å². The molecule has 4 rings (SSSR count). The maximum Gasteiger partial charge on any atom is 0.338 e. The number of esters is 1. The van der Waals surface area contributed by atoms with E-state index in [2.05, 4.69) is 19.6 Å². The summed E-state index contributed by atoms with van der Waals surface area (Å²) in [5.41, 5.74) is 2.35. The third kappa shape index (κ3) is 6.08. The van der Waals surface area contributed by atoms with Crippen molar-refractivity contribution in [3.63, 3.8) is 0 Å². The number of hydrogen-bond donors (Lipinski definition) is 1. The molecule has 0 radical (unpaired) electrons. The topological polar surface area (TPSA) is 87.0 Å². The normalized spacial score (nSPS) is 11.2. The molecule has 208 valence electrons. The minimum Gasteiger partial charge on any atom is -0.497 e. The molecule has 0 unspecified atom stereocenters. The molecule has 0 fully saturated rings. The van der Waals surface area contributed by atoms with E-state index in [0.717, 1.165) is 0 Å². The van der Waals surface area contributed by atoms with Crippen molar-refractivity contribution in [3.05, 3.63) is 94.5 Å². The van der Waals surface area contributed by atoms with E-state index in [9.17, 15) is 14.7 Å². The largest absolute Gasteiger partial charge is 0.497 e. The third-order valence-corrected chi connectivity index (χ3v) is 7.44. The predicted octanol–water partition coefficient (Wildman–Crippen LogP) is 7.18. The van der Waals surface area contributed by atoms with Crippen LogP contribution in [-0.4, -0.2) is 49.4 Å². The van der Waals surface area contributed by atoms with Crippen LogP contribution in [0.3, 0.4) is 0 Å². The summed E-state index contributed by atoms with van der Waals surface area (Å²) in [6.45, 7) is 8.40. The van der Waals surface area contributed by atoms with E-state index in [1.165, 1.54) is 4.57 Å². The van der Waals surface area contributed by atoms with Crippen LogP contribution in [0.1, 0.15) is 33.2 Å². The molecule has 3 aromatic carbocycles. The van der Waals surface area contributed by atoms with Gasteiger partial charge in [-0.15, -0.1) is 0 Å². The van der Waals surface area contributed by atoms with Gasteiger partial charge in [0, 0.05) is 21.8 Å². The Morgan fingerprint density at radius 2 is 1.55 bits per heavy atom. The Morgan fingerprint density at radius 1 is 0.925 bits per heavy atom. The van der Waals surface area contributed by atoms with E-state index in [1.807, 2.05) is 6.07 Å². The predicted molar refractivity (Wildman–Crippen MR) is 159 cm³/mol. The molecule has 0 amide bonds. The van der Waals surface area contributed by atoms with Gasteiger partial charge in [-0.25, -0.2) is 4.79 Å². The van der Waals surface area contributed by atoms with Gasteiger partial charge < -0.3 is 19.3 Å². The van der Waals surface area contributed by atoms with Gasteiger partial charge in [0.1, 0.15) is 5.75 Å². The average Bonchev–Trinajstić information content (AvgIpc) is 3.23. The Bertz CT molecular complexity index is 1520. The Kier molecular flexibility index (Phi) is 8.71. The van der Waals surface area contributed by atoms with Gasteiger partial charge in [0.05, 0.1) is 44.8 Å². The molecular weight excluding hydrogens is 546 g/mol. The molecular formula is C31H32ClNO6Si. The van der Waals surface area contributed by atoms with Crippen molar-refractivity contribution in [2.45, 2.75) is 26.6 Å². The summed E-state index contributed by atoms with van der Waals surface area (Å²) in [7, 11) is -0.210. The number of rotatable bonds is 10. The number of aromatic hydroxyl groups is 1. The monoisotopic (exact) mass is 577 g/mol. The smallest absolute Gasteiger partial charge is 0.338 e. The zero-order chi connectivity index (χ0) is 29.0. The first-order valence-electron chi connectivity index (χ1n) is 12.9. The van der Waals surface area contributed by atoms with Crippen molar-refractivity contribution >= 4 is 31.4 Å². The Hall–Kier alpha value is -4.01. The zero-order valence-electron chi connectivity index (χ0n) is 23.2. The minimum absolute atomic E-state index is 0.0765. The van der Waals surface area contributed by atoms with Crippen LogP contribution in [0.2, 0.25) is 24.7 Å². The Labute approximate surface area is 239 Å². The van der Waals surface area contributed by atoms with Crippen molar-refractivity contribution in [2.24, 2.45) is 0 Å². The van der Waals surface area contributed by atoms with Crippen LogP contribution in [0.5, 0.6) is 17.4 Å². The average molecular weight is 578 g/mol. The summed E-state index contributed by atoms with van der Waals surface area (Å²) in [5.74, 6) is -0.353. The van der Waals surface area contributed by atoms with Gasteiger partial charge >= 0.3 is 5.97 Å². The van der Waals surface area contributed by atoms with Crippen LogP contribution < -0.4 is 9.47 Å². The fourth-order valence-electron chi connectivity index (χ4n) is 4.18. The molecule has 0 atom stereocenters. The molecule has 7 nitrogen and oxygen atoms in total. The number of hydrogen-bond acceptors (Lipinski definition) is 6. The highest BCUT2D eigenvalue weighted by Gasteiger charge is 2.33. The summed E-state index contributed by atoms with van der Waals surface area (Å²) in [5, 5.41) is 12.1. The fourth-order valence-corrected chi connectivity index (χ4v) is 4.98. The summed E-state index contributed by atoms with van der Waals surface area (Å²) in [4.78, 5) is 26.4. The number of nitrogens with zero attached hydrogens (tertiary/aromatic N) is 1. The molecule has 0 saturated heterocycles. The first-order chi connectivity index (χ1) is 19.1. The third-order valence-electron chi connectivity index (χ3n) is 6.10. The lowest BCUT2D eigenvalue weighted by atomic mass is 9.99. The standard InChI is InChI=1S/C31H32ClNO6Si/c1-6-38-31(36)21-11-15-22(16-12-21)33-27(24-9-7-8-10-25(24)32)26(29(30(33)35)39-19-40(3,4)5)28(34)20-13-17-23(37-2)18-14-20/h7-18,35H,6,19H2,1-5H3. The summed E-state index contributed by atoms with van der Waals surface area (Å²) >= 11 is 6.68. The first kappa shape index (κ1) is 29.0. The van der Waals surface area contributed by atoms with Crippen molar-refractivity contribution < 1.29 is 28.9 Å². The second-order valence-electron chi connectivity index (χ2n) is 10.4.